The summed E-state index contributed by atoms with van der Waals surface area (Å²) in [5.74, 6) is 0.499. The topological polar surface area (TPSA) is 43.3 Å². The van der Waals surface area contributed by atoms with E-state index in [1.165, 1.54) is 0 Å². The zero-order valence-corrected chi connectivity index (χ0v) is 7.34. The van der Waals surface area contributed by atoms with Gasteiger partial charge in [-0.15, -0.1) is 0 Å². The predicted molar refractivity (Wildman–Crippen MR) is 49.4 cm³/mol. The smallest absolute Gasteiger partial charge is 0.205 e. The first-order valence-corrected chi connectivity index (χ1v) is 3.96. The third kappa shape index (κ3) is 0.940. The molecule has 0 spiro atoms. The van der Waals surface area contributed by atoms with Crippen molar-refractivity contribution in [1.29, 1.82) is 0 Å². The van der Waals surface area contributed by atoms with Crippen molar-refractivity contribution >= 4 is 23.1 Å². The Hall–Kier alpha value is -1.22. The van der Waals surface area contributed by atoms with Crippen LogP contribution in [0.2, 0.25) is 5.02 Å². The molecule has 0 atom stereocenters. The maximum absolute atomic E-state index is 5.82. The van der Waals surface area contributed by atoms with E-state index in [1.807, 2.05) is 19.2 Å². The Morgan fingerprint density at radius 3 is 3.08 bits per heavy atom. The zero-order chi connectivity index (χ0) is 8.72. The average molecular weight is 182 g/mol. The summed E-state index contributed by atoms with van der Waals surface area (Å²) < 4.78 is 1.81. The van der Waals surface area contributed by atoms with Crippen LogP contribution in [0.15, 0.2) is 18.3 Å². The molecule has 0 saturated carbocycles. The molecule has 0 aliphatic rings. The minimum absolute atomic E-state index is 0.499. The van der Waals surface area contributed by atoms with E-state index in [1.54, 1.807) is 10.5 Å². The minimum atomic E-state index is 0.499. The number of nitrogens with zero attached hydrogens (tertiary/aromatic N) is 2. The van der Waals surface area contributed by atoms with Crippen molar-refractivity contribution in [2.24, 2.45) is 0 Å². The van der Waals surface area contributed by atoms with Crippen molar-refractivity contribution in [2.75, 3.05) is 5.73 Å². The van der Waals surface area contributed by atoms with Gasteiger partial charge in [-0.25, -0.2) is 4.98 Å². The largest absolute Gasteiger partial charge is 0.369 e. The number of hydrogen-bond acceptors (Lipinski definition) is 2. The Kier molecular flexibility index (Phi) is 1.48. The maximum atomic E-state index is 5.82. The highest BCUT2D eigenvalue weighted by atomic mass is 35.5. The SMILES string of the molecule is Cc1nc(N)n2ccc(Cl)cc12. The lowest BCUT2D eigenvalue weighted by Crippen LogP contribution is -1.92. The van der Waals surface area contributed by atoms with E-state index in [4.69, 9.17) is 17.3 Å². The standard InChI is InChI=1S/C8H8ClN3/c1-5-7-4-6(9)2-3-12(7)8(10)11-5/h2-4H,1H3,(H2,10,11). The molecule has 0 aliphatic heterocycles. The number of fused-ring (bicyclic) bond motifs is 1. The third-order valence-corrected chi connectivity index (χ3v) is 2.05. The van der Waals surface area contributed by atoms with Gasteiger partial charge >= 0.3 is 0 Å². The van der Waals surface area contributed by atoms with Gasteiger partial charge in [0.25, 0.3) is 0 Å². The molecule has 2 aromatic heterocycles. The van der Waals surface area contributed by atoms with E-state index in [2.05, 4.69) is 4.98 Å². The van der Waals surface area contributed by atoms with Crippen LogP contribution in [0.4, 0.5) is 5.95 Å². The van der Waals surface area contributed by atoms with Gasteiger partial charge in [0, 0.05) is 11.2 Å². The van der Waals surface area contributed by atoms with Crippen LogP contribution < -0.4 is 5.73 Å². The van der Waals surface area contributed by atoms with Gasteiger partial charge in [0.15, 0.2) is 0 Å². The summed E-state index contributed by atoms with van der Waals surface area (Å²) in [6, 6.07) is 3.63. The summed E-state index contributed by atoms with van der Waals surface area (Å²) in [4.78, 5) is 4.11. The molecule has 0 aliphatic carbocycles. The van der Waals surface area contributed by atoms with E-state index >= 15 is 0 Å². The van der Waals surface area contributed by atoms with Crippen molar-refractivity contribution in [3.63, 3.8) is 0 Å². The highest BCUT2D eigenvalue weighted by molar-refractivity contribution is 6.30. The van der Waals surface area contributed by atoms with Crippen molar-refractivity contribution < 1.29 is 0 Å². The lowest BCUT2D eigenvalue weighted by Gasteiger charge is -1.95. The molecule has 0 saturated heterocycles. The fraction of sp³-hybridized carbons (Fsp3) is 0.125. The molecular weight excluding hydrogens is 174 g/mol. The summed E-state index contributed by atoms with van der Waals surface area (Å²) in [6.07, 6.45) is 1.81. The molecule has 12 heavy (non-hydrogen) atoms. The molecule has 0 bridgehead atoms. The molecular formula is C8H8ClN3. The van der Waals surface area contributed by atoms with Gasteiger partial charge in [-0.1, -0.05) is 11.6 Å². The number of imidazole rings is 1. The number of aromatic nitrogens is 2. The maximum Gasteiger partial charge on any atom is 0.205 e. The predicted octanol–water partition coefficient (Wildman–Crippen LogP) is 1.88. The Labute approximate surface area is 74.8 Å². The van der Waals surface area contributed by atoms with Crippen LogP contribution in [-0.4, -0.2) is 9.38 Å². The van der Waals surface area contributed by atoms with Crippen LogP contribution >= 0.6 is 11.6 Å². The monoisotopic (exact) mass is 181 g/mol. The Bertz CT molecular complexity index is 433. The van der Waals surface area contributed by atoms with Gasteiger partial charge in [0.05, 0.1) is 11.2 Å². The van der Waals surface area contributed by atoms with Crippen molar-refractivity contribution in [2.45, 2.75) is 6.92 Å². The summed E-state index contributed by atoms with van der Waals surface area (Å²) in [7, 11) is 0. The molecule has 3 nitrogen and oxygen atoms in total. The number of nitrogen functional groups attached to an aromatic ring is 1. The number of halogens is 1. The molecule has 2 aromatic rings. The molecule has 62 valence electrons. The zero-order valence-electron chi connectivity index (χ0n) is 6.58. The van der Waals surface area contributed by atoms with Gasteiger partial charge in [0.1, 0.15) is 0 Å². The number of rotatable bonds is 0. The van der Waals surface area contributed by atoms with E-state index in [0.29, 0.717) is 11.0 Å². The van der Waals surface area contributed by atoms with Crippen molar-refractivity contribution in [3.05, 3.63) is 29.0 Å². The summed E-state index contributed by atoms with van der Waals surface area (Å²) in [5.41, 5.74) is 7.49. The van der Waals surface area contributed by atoms with Crippen LogP contribution in [-0.2, 0) is 0 Å². The average Bonchev–Trinajstić information content (AvgIpc) is 2.28. The highest BCUT2D eigenvalue weighted by Gasteiger charge is 2.03. The Morgan fingerprint density at radius 1 is 1.58 bits per heavy atom. The molecule has 0 aromatic carbocycles. The molecule has 0 radical (unpaired) electrons. The fourth-order valence-electron chi connectivity index (χ4n) is 1.24. The van der Waals surface area contributed by atoms with Gasteiger partial charge in [-0.3, -0.25) is 4.40 Å². The van der Waals surface area contributed by atoms with Crippen LogP contribution in [0.1, 0.15) is 5.69 Å². The first-order valence-electron chi connectivity index (χ1n) is 3.58. The van der Waals surface area contributed by atoms with E-state index in [9.17, 15) is 0 Å². The summed E-state index contributed by atoms with van der Waals surface area (Å²) in [6.45, 7) is 1.90. The number of nitrogens with two attached hydrogens (primary N) is 1. The number of hydrogen-bond donors (Lipinski definition) is 1. The second kappa shape index (κ2) is 2.38. The number of pyridine rings is 1. The normalized spacial score (nSPS) is 10.8. The fourth-order valence-corrected chi connectivity index (χ4v) is 1.40. The first kappa shape index (κ1) is 7.43. The van der Waals surface area contributed by atoms with Crippen LogP contribution in [0.5, 0.6) is 0 Å². The Balaban J connectivity index is 2.90. The molecule has 0 amide bonds. The van der Waals surface area contributed by atoms with Crippen LogP contribution in [0, 0.1) is 6.92 Å². The second-order valence-corrected chi connectivity index (χ2v) is 3.09. The van der Waals surface area contributed by atoms with Crippen LogP contribution in [0.25, 0.3) is 5.52 Å². The minimum Gasteiger partial charge on any atom is -0.369 e. The molecule has 2 heterocycles. The molecule has 2 N–H and O–H groups in total. The second-order valence-electron chi connectivity index (χ2n) is 2.66. The van der Waals surface area contributed by atoms with Crippen molar-refractivity contribution in [1.82, 2.24) is 9.38 Å². The lowest BCUT2D eigenvalue weighted by atomic mass is 10.3. The number of anilines is 1. The molecule has 0 fully saturated rings. The van der Waals surface area contributed by atoms with E-state index in [-0.39, 0.29) is 0 Å². The van der Waals surface area contributed by atoms with E-state index in [0.717, 1.165) is 11.2 Å². The Morgan fingerprint density at radius 2 is 2.33 bits per heavy atom. The lowest BCUT2D eigenvalue weighted by molar-refractivity contribution is 1.17. The van der Waals surface area contributed by atoms with Gasteiger partial charge in [-0.2, -0.15) is 0 Å². The highest BCUT2D eigenvalue weighted by Crippen LogP contribution is 2.17. The first-order chi connectivity index (χ1) is 5.68. The van der Waals surface area contributed by atoms with Gasteiger partial charge < -0.3 is 5.73 Å². The van der Waals surface area contributed by atoms with E-state index < -0.39 is 0 Å². The summed E-state index contributed by atoms with van der Waals surface area (Å²) >= 11 is 5.82. The molecule has 4 heteroatoms. The van der Waals surface area contributed by atoms with Crippen molar-refractivity contribution in [3.8, 4) is 0 Å². The van der Waals surface area contributed by atoms with Gasteiger partial charge in [-0.05, 0) is 19.1 Å². The molecule has 2 rings (SSSR count). The third-order valence-electron chi connectivity index (χ3n) is 1.82. The summed E-state index contributed by atoms with van der Waals surface area (Å²) in [5, 5.41) is 0.700. The van der Waals surface area contributed by atoms with Gasteiger partial charge in [0.2, 0.25) is 5.95 Å². The number of aryl methyl sites for hydroxylation is 1. The quantitative estimate of drug-likeness (QED) is 0.675. The van der Waals surface area contributed by atoms with Crippen LogP contribution in [0.3, 0.4) is 0 Å². The molecule has 0 unspecified atom stereocenters.